The van der Waals surface area contributed by atoms with Gasteiger partial charge >= 0.3 is 0 Å². The molecule has 0 atom stereocenters. The van der Waals surface area contributed by atoms with E-state index in [4.69, 9.17) is 14.5 Å². The van der Waals surface area contributed by atoms with Crippen LogP contribution in [0.5, 0.6) is 5.75 Å². The number of hydrogen-bond acceptors (Lipinski definition) is 10. The van der Waals surface area contributed by atoms with Crippen molar-refractivity contribution in [3.05, 3.63) is 66.9 Å². The minimum absolute atomic E-state index is 0.334. The van der Waals surface area contributed by atoms with Gasteiger partial charge in [0.05, 0.1) is 24.7 Å². The van der Waals surface area contributed by atoms with E-state index < -0.39 is 0 Å². The lowest BCUT2D eigenvalue weighted by Crippen LogP contribution is -2.44. The topological polar surface area (TPSA) is 124 Å². The highest BCUT2D eigenvalue weighted by Gasteiger charge is 2.22. The van der Waals surface area contributed by atoms with E-state index in [2.05, 4.69) is 67.5 Å². The molecule has 0 radical (unpaired) electrons. The Labute approximate surface area is 265 Å². The van der Waals surface area contributed by atoms with Crippen LogP contribution in [0, 0.1) is 5.92 Å². The average Bonchev–Trinajstić information content (AvgIpc) is 3.09. The summed E-state index contributed by atoms with van der Waals surface area (Å²) >= 11 is 0. The molecule has 1 aromatic heterocycles. The molecule has 1 aliphatic heterocycles. The molecule has 5 rings (SSSR count). The SMILES string of the molecule is C=CC=O.CNc1cccc(C(=Nc2cnc(Nc3ccc(N4CCN(C)CC4)cc3OC)nc2NC=O)C2CCCCC2)c1. The number of methoxy groups -OCH3 is 1. The number of hydrogen-bond donors (Lipinski definition) is 3. The van der Waals surface area contributed by atoms with Crippen molar-refractivity contribution >= 4 is 52.9 Å². The molecule has 0 unspecified atom stereocenters. The predicted molar refractivity (Wildman–Crippen MR) is 183 cm³/mol. The van der Waals surface area contributed by atoms with Gasteiger partial charge in [-0.3, -0.25) is 9.59 Å². The predicted octanol–water partition coefficient (Wildman–Crippen LogP) is 5.66. The number of ether oxygens (including phenoxy) is 1. The summed E-state index contributed by atoms with van der Waals surface area (Å²) in [4.78, 5) is 39.6. The van der Waals surface area contributed by atoms with Crippen LogP contribution < -0.4 is 25.6 Å². The summed E-state index contributed by atoms with van der Waals surface area (Å²) in [5, 5.41) is 9.22. The standard InChI is InChI=1S/C31H40N8O2.C3H4O/c1-32-24-11-7-10-23(18-24)29(22-8-5-4-6-9-22)35-27-20-33-31(37-30(27)34-21-40)36-26-13-12-25(19-28(26)41-3)39-16-14-38(2)15-17-39;1-2-3-4/h7,10-13,18-22,32H,4-6,8-9,14-17H2,1-3H3,(H2,33,34,36,37,40);2-3H,1H2. The Morgan fingerprint density at radius 3 is 2.49 bits per heavy atom. The maximum Gasteiger partial charge on any atom is 0.229 e. The van der Waals surface area contributed by atoms with Crippen LogP contribution in [0.1, 0.15) is 37.7 Å². The molecule has 2 aromatic carbocycles. The first-order chi connectivity index (χ1) is 22.0. The lowest BCUT2D eigenvalue weighted by molar-refractivity contribution is -0.105. The lowest BCUT2D eigenvalue weighted by atomic mass is 9.83. The molecule has 3 aromatic rings. The zero-order chi connectivity index (χ0) is 32.0. The molecular weight excluding hydrogens is 568 g/mol. The summed E-state index contributed by atoms with van der Waals surface area (Å²) in [6.07, 6.45) is 9.91. The quantitative estimate of drug-likeness (QED) is 0.143. The van der Waals surface area contributed by atoms with Crippen molar-refractivity contribution < 1.29 is 14.3 Å². The van der Waals surface area contributed by atoms with Crippen LogP contribution in [-0.4, -0.2) is 80.7 Å². The number of aliphatic imine (C=N–C) groups is 1. The third-order valence-electron chi connectivity index (χ3n) is 8.04. The third-order valence-corrected chi connectivity index (χ3v) is 8.04. The van der Waals surface area contributed by atoms with Crippen LogP contribution in [-0.2, 0) is 9.59 Å². The van der Waals surface area contributed by atoms with Gasteiger partial charge in [0, 0.05) is 56.6 Å². The number of anilines is 5. The molecule has 1 saturated heterocycles. The Hall–Kier alpha value is -4.77. The Kier molecular flexibility index (Phi) is 12.4. The lowest BCUT2D eigenvalue weighted by Gasteiger charge is -2.34. The largest absolute Gasteiger partial charge is 0.494 e. The summed E-state index contributed by atoms with van der Waals surface area (Å²) in [6.45, 7) is 7.11. The second-order valence-electron chi connectivity index (χ2n) is 11.0. The molecule has 11 heteroatoms. The van der Waals surface area contributed by atoms with Gasteiger partial charge in [0.25, 0.3) is 0 Å². The number of nitrogens with one attached hydrogen (secondary N) is 3. The van der Waals surface area contributed by atoms with E-state index in [9.17, 15) is 4.79 Å². The van der Waals surface area contributed by atoms with Gasteiger partial charge in [-0.1, -0.05) is 38.0 Å². The van der Waals surface area contributed by atoms with Crippen molar-refractivity contribution in [2.24, 2.45) is 10.9 Å². The van der Waals surface area contributed by atoms with Gasteiger partial charge in [-0.25, -0.2) is 9.98 Å². The molecule has 238 valence electrons. The van der Waals surface area contributed by atoms with Crippen LogP contribution in [0.3, 0.4) is 0 Å². The number of allylic oxidation sites excluding steroid dienone is 1. The van der Waals surface area contributed by atoms with E-state index >= 15 is 0 Å². The van der Waals surface area contributed by atoms with Gasteiger partial charge in [0.15, 0.2) is 5.82 Å². The van der Waals surface area contributed by atoms with Crippen LogP contribution in [0.25, 0.3) is 0 Å². The molecule has 11 nitrogen and oxygen atoms in total. The molecule has 1 saturated carbocycles. The number of carbonyl (C=O) groups excluding carboxylic acids is 2. The second kappa shape index (κ2) is 16.9. The average molecular weight is 613 g/mol. The number of aldehydes is 1. The summed E-state index contributed by atoms with van der Waals surface area (Å²) < 4.78 is 5.71. The van der Waals surface area contributed by atoms with Crippen molar-refractivity contribution in [3.63, 3.8) is 0 Å². The maximum absolute atomic E-state index is 11.6. The van der Waals surface area contributed by atoms with E-state index in [0.717, 1.165) is 67.4 Å². The van der Waals surface area contributed by atoms with E-state index in [0.29, 0.717) is 41.8 Å². The number of benzene rings is 2. The molecule has 45 heavy (non-hydrogen) atoms. The highest BCUT2D eigenvalue weighted by Crippen LogP contribution is 2.34. The van der Waals surface area contributed by atoms with Crippen LogP contribution >= 0.6 is 0 Å². The first kappa shape index (κ1) is 33.1. The molecule has 2 heterocycles. The highest BCUT2D eigenvalue weighted by atomic mass is 16.5. The number of piperazine rings is 1. The molecule has 0 spiro atoms. The van der Waals surface area contributed by atoms with E-state index in [1.807, 2.05) is 31.3 Å². The van der Waals surface area contributed by atoms with Crippen molar-refractivity contribution in [1.82, 2.24) is 14.9 Å². The van der Waals surface area contributed by atoms with Gasteiger partial charge in [-0.15, -0.1) is 0 Å². The molecule has 0 bridgehead atoms. The summed E-state index contributed by atoms with van der Waals surface area (Å²) in [5.74, 6) is 1.72. The van der Waals surface area contributed by atoms with E-state index in [1.54, 1.807) is 13.3 Å². The van der Waals surface area contributed by atoms with Crippen LogP contribution in [0.15, 0.2) is 66.3 Å². The number of aromatic nitrogens is 2. The van der Waals surface area contributed by atoms with Gasteiger partial charge in [0.2, 0.25) is 12.4 Å². The Bertz CT molecular complexity index is 1460. The first-order valence-electron chi connectivity index (χ1n) is 15.4. The number of likely N-dealkylation sites (N-methyl/N-ethyl adjacent to an activating group) is 1. The van der Waals surface area contributed by atoms with Gasteiger partial charge < -0.3 is 30.5 Å². The summed E-state index contributed by atoms with van der Waals surface area (Å²) in [6, 6.07) is 14.4. The number of carbonyl (C=O) groups is 2. The molecule has 1 aliphatic carbocycles. The van der Waals surface area contributed by atoms with Crippen molar-refractivity contribution in [1.29, 1.82) is 0 Å². The number of amides is 1. The fourth-order valence-electron chi connectivity index (χ4n) is 5.58. The van der Waals surface area contributed by atoms with Crippen LogP contribution in [0.2, 0.25) is 0 Å². The number of nitrogens with zero attached hydrogens (tertiary/aromatic N) is 5. The molecule has 2 aliphatic rings. The van der Waals surface area contributed by atoms with Crippen LogP contribution in [0.4, 0.5) is 34.5 Å². The van der Waals surface area contributed by atoms with Crippen molar-refractivity contribution in [2.45, 2.75) is 32.1 Å². The summed E-state index contributed by atoms with van der Waals surface area (Å²) in [5.41, 5.74) is 5.47. The zero-order valence-corrected chi connectivity index (χ0v) is 26.5. The third kappa shape index (κ3) is 9.12. The Morgan fingerprint density at radius 1 is 1.07 bits per heavy atom. The minimum atomic E-state index is 0.334. The Morgan fingerprint density at radius 2 is 1.82 bits per heavy atom. The fourth-order valence-corrected chi connectivity index (χ4v) is 5.58. The van der Waals surface area contributed by atoms with E-state index in [1.165, 1.54) is 25.3 Å². The fraction of sp³-hybridized carbons (Fsp3) is 0.382. The first-order valence-corrected chi connectivity index (χ1v) is 15.4. The summed E-state index contributed by atoms with van der Waals surface area (Å²) in [7, 11) is 5.72. The van der Waals surface area contributed by atoms with Gasteiger partial charge in [-0.2, -0.15) is 4.98 Å². The highest BCUT2D eigenvalue weighted by molar-refractivity contribution is 6.05. The van der Waals surface area contributed by atoms with Crippen molar-refractivity contribution in [3.8, 4) is 5.75 Å². The minimum Gasteiger partial charge on any atom is -0.494 e. The molecule has 3 N–H and O–H groups in total. The Balaban J connectivity index is 0.00000109. The maximum atomic E-state index is 11.6. The van der Waals surface area contributed by atoms with Gasteiger partial charge in [0.1, 0.15) is 17.7 Å². The van der Waals surface area contributed by atoms with Gasteiger partial charge in [-0.05, 0) is 55.8 Å². The molecular formula is C34H44N8O3. The second-order valence-corrected chi connectivity index (χ2v) is 11.0. The monoisotopic (exact) mass is 612 g/mol. The molecule has 1 amide bonds. The number of rotatable bonds is 11. The molecule has 2 fully saturated rings. The van der Waals surface area contributed by atoms with E-state index in [-0.39, 0.29) is 0 Å². The van der Waals surface area contributed by atoms with Crippen molar-refractivity contribution in [2.75, 3.05) is 68.2 Å². The smallest absolute Gasteiger partial charge is 0.229 e. The normalized spacial score (nSPS) is 15.7. The zero-order valence-electron chi connectivity index (χ0n) is 26.5.